The van der Waals surface area contributed by atoms with E-state index in [1.165, 1.54) is 0 Å². The summed E-state index contributed by atoms with van der Waals surface area (Å²) in [6.45, 7) is 5.88. The zero-order valence-electron chi connectivity index (χ0n) is 19.3. The van der Waals surface area contributed by atoms with Gasteiger partial charge in [-0.15, -0.1) is 0 Å². The van der Waals surface area contributed by atoms with Crippen molar-refractivity contribution in [2.24, 2.45) is 11.8 Å². The lowest BCUT2D eigenvalue weighted by Crippen LogP contribution is -2.44. The van der Waals surface area contributed by atoms with E-state index in [-0.39, 0.29) is 36.2 Å². The molecule has 0 fully saturated rings. The van der Waals surface area contributed by atoms with Crippen molar-refractivity contribution >= 4 is 17.5 Å². The van der Waals surface area contributed by atoms with Gasteiger partial charge in [0.1, 0.15) is 6.10 Å². The average molecular weight is 438 g/mol. The lowest BCUT2D eigenvalue weighted by Gasteiger charge is -2.25. The number of carbonyl (C=O) groups excluding carboxylic acids is 3. The quantitative estimate of drug-likeness (QED) is 0.487. The van der Waals surface area contributed by atoms with E-state index in [9.17, 15) is 19.5 Å². The maximum Gasteiger partial charge on any atom is 0.251 e. The van der Waals surface area contributed by atoms with Crippen LogP contribution in [0.1, 0.15) is 62.4 Å². The number of amides is 1. The van der Waals surface area contributed by atoms with Gasteiger partial charge < -0.3 is 10.4 Å². The molecule has 0 aromatic heterocycles. The predicted molar refractivity (Wildman–Crippen MR) is 126 cm³/mol. The van der Waals surface area contributed by atoms with Crippen molar-refractivity contribution in [3.8, 4) is 0 Å². The van der Waals surface area contributed by atoms with Gasteiger partial charge in [0.2, 0.25) is 0 Å². The van der Waals surface area contributed by atoms with Gasteiger partial charge in [-0.25, -0.2) is 0 Å². The Kier molecular flexibility index (Phi) is 10.3. The van der Waals surface area contributed by atoms with Crippen LogP contribution in [0.25, 0.3) is 0 Å². The third-order valence-corrected chi connectivity index (χ3v) is 5.51. The number of nitrogens with one attached hydrogen (secondary N) is 1. The Labute approximate surface area is 191 Å². The van der Waals surface area contributed by atoms with Crippen LogP contribution < -0.4 is 5.32 Å². The van der Waals surface area contributed by atoms with Crippen LogP contribution in [0.4, 0.5) is 0 Å². The molecule has 172 valence electrons. The molecule has 0 bridgehead atoms. The minimum absolute atomic E-state index is 0.0258. The standard InChI is InChI=1S/C27H35NO4/c1-4-11-24(29)26(31)22(17-20-12-7-5-8-13-20)18-25(30)23(16-19(2)3)28-27(32)21-14-9-6-10-15-21/h5-10,12-15,19,22-23,26,31H,4,11,16-18H2,1-3H3,(H,28,32)/t22?,23-,26?/m0/s1. The van der Waals surface area contributed by atoms with E-state index in [1.54, 1.807) is 24.3 Å². The fourth-order valence-corrected chi connectivity index (χ4v) is 3.84. The molecule has 0 aliphatic rings. The van der Waals surface area contributed by atoms with Gasteiger partial charge in [0.25, 0.3) is 5.91 Å². The number of carbonyl (C=O) groups is 3. The van der Waals surface area contributed by atoms with E-state index in [0.29, 0.717) is 24.8 Å². The van der Waals surface area contributed by atoms with E-state index in [0.717, 1.165) is 5.56 Å². The molecule has 0 aliphatic heterocycles. The SMILES string of the molecule is CCCC(=O)C(O)C(CC(=O)[C@H](CC(C)C)NC(=O)c1ccccc1)Cc1ccccc1. The molecule has 5 heteroatoms. The Morgan fingerprint density at radius 1 is 0.906 bits per heavy atom. The van der Waals surface area contributed by atoms with E-state index < -0.39 is 18.1 Å². The minimum atomic E-state index is -1.20. The molecule has 0 saturated carbocycles. The minimum Gasteiger partial charge on any atom is -0.385 e. The highest BCUT2D eigenvalue weighted by Crippen LogP contribution is 2.21. The second kappa shape index (κ2) is 12.9. The van der Waals surface area contributed by atoms with E-state index in [4.69, 9.17) is 0 Å². The van der Waals surface area contributed by atoms with Gasteiger partial charge in [-0.05, 0) is 42.9 Å². The highest BCUT2D eigenvalue weighted by Gasteiger charge is 2.31. The van der Waals surface area contributed by atoms with Crippen LogP contribution in [-0.4, -0.2) is 34.7 Å². The van der Waals surface area contributed by atoms with Crippen molar-refractivity contribution in [1.82, 2.24) is 5.32 Å². The molecule has 5 nitrogen and oxygen atoms in total. The van der Waals surface area contributed by atoms with Gasteiger partial charge in [0.15, 0.2) is 11.6 Å². The molecule has 2 N–H and O–H groups in total. The Bertz CT molecular complexity index is 864. The second-order valence-electron chi connectivity index (χ2n) is 8.80. The molecule has 0 spiro atoms. The van der Waals surface area contributed by atoms with Crippen molar-refractivity contribution in [2.75, 3.05) is 0 Å². The monoisotopic (exact) mass is 437 g/mol. The summed E-state index contributed by atoms with van der Waals surface area (Å²) >= 11 is 0. The lowest BCUT2D eigenvalue weighted by atomic mass is 9.84. The fraction of sp³-hybridized carbons (Fsp3) is 0.444. The van der Waals surface area contributed by atoms with Crippen LogP contribution in [0.5, 0.6) is 0 Å². The van der Waals surface area contributed by atoms with Gasteiger partial charge in [-0.2, -0.15) is 0 Å². The number of hydrogen-bond donors (Lipinski definition) is 2. The number of benzene rings is 2. The molecule has 0 heterocycles. The van der Waals surface area contributed by atoms with Crippen molar-refractivity contribution in [2.45, 2.75) is 65.0 Å². The Hall–Kier alpha value is -2.79. The van der Waals surface area contributed by atoms with Crippen LogP contribution >= 0.6 is 0 Å². The van der Waals surface area contributed by atoms with E-state index in [1.807, 2.05) is 57.2 Å². The Morgan fingerprint density at radius 2 is 1.50 bits per heavy atom. The first-order chi connectivity index (χ1) is 15.3. The molecule has 0 radical (unpaired) electrons. The molecule has 1 amide bonds. The molecule has 2 rings (SSSR count). The summed E-state index contributed by atoms with van der Waals surface area (Å²) < 4.78 is 0. The molecule has 0 aliphatic carbocycles. The molecule has 3 atom stereocenters. The number of aliphatic hydroxyl groups is 1. The van der Waals surface area contributed by atoms with Crippen LogP contribution in [0.2, 0.25) is 0 Å². The third-order valence-electron chi connectivity index (χ3n) is 5.51. The first kappa shape index (κ1) is 25.5. The number of ketones is 2. The van der Waals surface area contributed by atoms with Crippen molar-refractivity contribution in [3.05, 3.63) is 71.8 Å². The van der Waals surface area contributed by atoms with Crippen molar-refractivity contribution in [1.29, 1.82) is 0 Å². The number of rotatable bonds is 13. The van der Waals surface area contributed by atoms with Crippen LogP contribution in [0.15, 0.2) is 60.7 Å². The number of Topliss-reactive ketones (excluding diaryl/α,β-unsaturated/α-hetero) is 2. The summed E-state index contributed by atoms with van der Waals surface area (Å²) in [6, 6.07) is 17.7. The van der Waals surface area contributed by atoms with E-state index >= 15 is 0 Å². The molecule has 0 saturated heterocycles. The molecular weight excluding hydrogens is 402 g/mol. The Morgan fingerprint density at radius 3 is 2.06 bits per heavy atom. The summed E-state index contributed by atoms with van der Waals surface area (Å²) in [5, 5.41) is 13.6. The highest BCUT2D eigenvalue weighted by atomic mass is 16.3. The van der Waals surface area contributed by atoms with Gasteiger partial charge >= 0.3 is 0 Å². The smallest absolute Gasteiger partial charge is 0.251 e. The zero-order chi connectivity index (χ0) is 23.5. The van der Waals surface area contributed by atoms with Crippen LogP contribution in [-0.2, 0) is 16.0 Å². The summed E-state index contributed by atoms with van der Waals surface area (Å²) in [5.41, 5.74) is 1.45. The molecule has 2 aromatic carbocycles. The summed E-state index contributed by atoms with van der Waals surface area (Å²) in [5.74, 6) is -1.04. The Balaban J connectivity index is 2.19. The van der Waals surface area contributed by atoms with Gasteiger partial charge in [0.05, 0.1) is 6.04 Å². The van der Waals surface area contributed by atoms with E-state index in [2.05, 4.69) is 5.32 Å². The normalized spacial score (nSPS) is 13.9. The maximum absolute atomic E-state index is 13.3. The van der Waals surface area contributed by atoms with Crippen LogP contribution in [0, 0.1) is 11.8 Å². The van der Waals surface area contributed by atoms with Crippen molar-refractivity contribution in [3.63, 3.8) is 0 Å². The summed E-state index contributed by atoms with van der Waals surface area (Å²) in [6.07, 6.45) is 0.659. The number of hydrogen-bond acceptors (Lipinski definition) is 4. The lowest BCUT2D eigenvalue weighted by molar-refractivity contribution is -0.131. The maximum atomic E-state index is 13.3. The predicted octanol–water partition coefficient (Wildman–Crippen LogP) is 4.38. The fourth-order valence-electron chi connectivity index (χ4n) is 3.84. The van der Waals surface area contributed by atoms with Gasteiger partial charge in [-0.3, -0.25) is 14.4 Å². The number of aliphatic hydroxyl groups excluding tert-OH is 1. The molecule has 2 aromatic rings. The summed E-state index contributed by atoms with van der Waals surface area (Å²) in [4.78, 5) is 38.4. The molecular formula is C27H35NO4. The highest BCUT2D eigenvalue weighted by molar-refractivity contribution is 5.98. The largest absolute Gasteiger partial charge is 0.385 e. The molecule has 32 heavy (non-hydrogen) atoms. The topological polar surface area (TPSA) is 83.5 Å². The first-order valence-corrected chi connectivity index (χ1v) is 11.4. The zero-order valence-corrected chi connectivity index (χ0v) is 19.3. The summed E-state index contributed by atoms with van der Waals surface area (Å²) in [7, 11) is 0. The average Bonchev–Trinajstić information content (AvgIpc) is 2.78. The molecule has 2 unspecified atom stereocenters. The van der Waals surface area contributed by atoms with Gasteiger partial charge in [0, 0.05) is 24.3 Å². The third kappa shape index (κ3) is 8.04. The van der Waals surface area contributed by atoms with Crippen LogP contribution in [0.3, 0.4) is 0 Å². The second-order valence-corrected chi connectivity index (χ2v) is 8.80. The van der Waals surface area contributed by atoms with Crippen molar-refractivity contribution < 1.29 is 19.5 Å². The van der Waals surface area contributed by atoms with Gasteiger partial charge in [-0.1, -0.05) is 69.3 Å². The first-order valence-electron chi connectivity index (χ1n) is 11.4.